The number of halogens is 1. The van der Waals surface area contributed by atoms with Gasteiger partial charge < -0.3 is 10.1 Å². The van der Waals surface area contributed by atoms with Gasteiger partial charge in [0.2, 0.25) is 0 Å². The second-order valence-corrected chi connectivity index (χ2v) is 4.94. The number of hydrogen-bond donors (Lipinski definition) is 1. The van der Waals surface area contributed by atoms with Gasteiger partial charge in [0.1, 0.15) is 0 Å². The molecule has 0 aliphatic carbocycles. The second kappa shape index (κ2) is 6.44. The van der Waals surface area contributed by atoms with Crippen molar-refractivity contribution in [2.75, 3.05) is 12.4 Å². The fourth-order valence-electron chi connectivity index (χ4n) is 1.95. The number of rotatable bonds is 4. The summed E-state index contributed by atoms with van der Waals surface area (Å²) < 4.78 is 4.90. The first-order chi connectivity index (χ1) is 10.4. The van der Waals surface area contributed by atoms with Crippen LogP contribution in [0.1, 0.15) is 15.9 Å². The topological polar surface area (TPSA) is 81.5 Å². The first kappa shape index (κ1) is 15.8. The van der Waals surface area contributed by atoms with Gasteiger partial charge in [-0.25, -0.2) is 0 Å². The van der Waals surface area contributed by atoms with E-state index in [-0.39, 0.29) is 17.0 Å². The highest BCUT2D eigenvalue weighted by atomic mass is 35.5. The van der Waals surface area contributed by atoms with E-state index in [1.165, 1.54) is 25.3 Å². The summed E-state index contributed by atoms with van der Waals surface area (Å²) in [7, 11) is 1.33. The molecule has 0 aliphatic heterocycles. The highest BCUT2D eigenvalue weighted by molar-refractivity contribution is 6.34. The number of nitro groups is 1. The number of nitrogens with zero attached hydrogens (tertiary/aromatic N) is 1. The van der Waals surface area contributed by atoms with E-state index in [4.69, 9.17) is 16.3 Å². The van der Waals surface area contributed by atoms with Crippen LogP contribution in [0.25, 0.3) is 0 Å². The van der Waals surface area contributed by atoms with E-state index < -0.39 is 10.8 Å². The summed E-state index contributed by atoms with van der Waals surface area (Å²) >= 11 is 6.05. The number of aryl methyl sites for hydroxylation is 1. The van der Waals surface area contributed by atoms with Crippen LogP contribution in [0.4, 0.5) is 11.4 Å². The quantitative estimate of drug-likeness (QED) is 0.686. The maximum Gasteiger partial charge on any atom is 0.311 e. The van der Waals surface area contributed by atoms with Crippen molar-refractivity contribution in [3.63, 3.8) is 0 Å². The Morgan fingerprint density at radius 3 is 2.64 bits per heavy atom. The zero-order valence-electron chi connectivity index (χ0n) is 11.9. The lowest BCUT2D eigenvalue weighted by atomic mass is 10.1. The molecule has 6 nitrogen and oxygen atoms in total. The molecular formula is C15H13ClN2O4. The van der Waals surface area contributed by atoms with Gasteiger partial charge in [-0.1, -0.05) is 23.7 Å². The van der Waals surface area contributed by atoms with Gasteiger partial charge in [0.25, 0.3) is 5.91 Å². The van der Waals surface area contributed by atoms with E-state index >= 15 is 0 Å². The van der Waals surface area contributed by atoms with Crippen LogP contribution in [0.15, 0.2) is 36.4 Å². The van der Waals surface area contributed by atoms with Crippen molar-refractivity contribution in [1.29, 1.82) is 0 Å². The predicted octanol–water partition coefficient (Wildman–Crippen LogP) is 3.82. The molecule has 22 heavy (non-hydrogen) atoms. The standard InChI is InChI=1S/C15H13ClN2O4/c1-9-4-3-5-11(16)14(9)17-15(19)10-6-7-13(22-2)12(8-10)18(20)21/h3-8H,1-2H3,(H,17,19). The lowest BCUT2D eigenvalue weighted by molar-refractivity contribution is -0.385. The number of carbonyl (C=O) groups is 1. The Hall–Kier alpha value is -2.60. The summed E-state index contributed by atoms with van der Waals surface area (Å²) in [6, 6.07) is 9.23. The Morgan fingerprint density at radius 2 is 2.05 bits per heavy atom. The molecule has 2 rings (SSSR count). The molecule has 2 aromatic rings. The van der Waals surface area contributed by atoms with Gasteiger partial charge in [-0.05, 0) is 30.7 Å². The summed E-state index contributed by atoms with van der Waals surface area (Å²) in [6.45, 7) is 1.80. The third kappa shape index (κ3) is 3.17. The maximum absolute atomic E-state index is 12.3. The second-order valence-electron chi connectivity index (χ2n) is 4.53. The van der Waals surface area contributed by atoms with Crippen LogP contribution in [0, 0.1) is 17.0 Å². The van der Waals surface area contributed by atoms with Gasteiger partial charge in [-0.15, -0.1) is 0 Å². The molecule has 1 N–H and O–H groups in total. The Balaban J connectivity index is 2.34. The Labute approximate surface area is 131 Å². The molecule has 0 unspecified atom stereocenters. The number of methoxy groups -OCH3 is 1. The fourth-order valence-corrected chi connectivity index (χ4v) is 2.22. The zero-order valence-corrected chi connectivity index (χ0v) is 12.7. The fraction of sp³-hybridized carbons (Fsp3) is 0.133. The molecule has 0 fully saturated rings. The van der Waals surface area contributed by atoms with Crippen molar-refractivity contribution in [3.05, 3.63) is 62.7 Å². The van der Waals surface area contributed by atoms with Crippen molar-refractivity contribution < 1.29 is 14.5 Å². The number of nitrogens with one attached hydrogen (secondary N) is 1. The minimum absolute atomic E-state index is 0.0930. The normalized spacial score (nSPS) is 10.1. The first-order valence-corrected chi connectivity index (χ1v) is 6.70. The molecule has 0 saturated carbocycles. The summed E-state index contributed by atoms with van der Waals surface area (Å²) in [5.41, 5.74) is 1.15. The predicted molar refractivity (Wildman–Crippen MR) is 83.8 cm³/mol. The molecule has 0 radical (unpaired) electrons. The van der Waals surface area contributed by atoms with E-state index in [1.54, 1.807) is 25.1 Å². The molecular weight excluding hydrogens is 308 g/mol. The molecule has 0 spiro atoms. The maximum atomic E-state index is 12.3. The SMILES string of the molecule is COc1ccc(C(=O)Nc2c(C)cccc2Cl)cc1[N+](=O)[O-]. The first-order valence-electron chi connectivity index (χ1n) is 6.33. The van der Waals surface area contributed by atoms with Crippen molar-refractivity contribution in [1.82, 2.24) is 0 Å². The van der Waals surface area contributed by atoms with E-state index in [1.807, 2.05) is 0 Å². The number of benzene rings is 2. The van der Waals surface area contributed by atoms with Crippen molar-refractivity contribution >= 4 is 28.9 Å². The number of para-hydroxylation sites is 1. The summed E-state index contributed by atoms with van der Waals surface area (Å²) in [4.78, 5) is 22.7. The lowest BCUT2D eigenvalue weighted by Gasteiger charge is -2.10. The van der Waals surface area contributed by atoms with Crippen LogP contribution in [-0.4, -0.2) is 17.9 Å². The minimum Gasteiger partial charge on any atom is -0.490 e. The number of anilines is 1. The summed E-state index contributed by atoms with van der Waals surface area (Å²) in [6.07, 6.45) is 0. The number of nitro benzene ring substituents is 1. The number of hydrogen-bond acceptors (Lipinski definition) is 4. The van der Waals surface area contributed by atoms with Crippen molar-refractivity contribution in [2.24, 2.45) is 0 Å². The third-order valence-corrected chi connectivity index (χ3v) is 3.41. The Bertz CT molecular complexity index is 726. The van der Waals surface area contributed by atoms with Crippen LogP contribution in [-0.2, 0) is 0 Å². The molecule has 114 valence electrons. The molecule has 2 aromatic carbocycles. The summed E-state index contributed by atoms with van der Waals surface area (Å²) in [5, 5.41) is 14.1. The van der Waals surface area contributed by atoms with Gasteiger partial charge in [0.05, 0.1) is 22.7 Å². The van der Waals surface area contributed by atoms with Crippen LogP contribution < -0.4 is 10.1 Å². The Morgan fingerprint density at radius 1 is 1.32 bits per heavy atom. The van der Waals surface area contributed by atoms with Crippen LogP contribution in [0.2, 0.25) is 5.02 Å². The van der Waals surface area contributed by atoms with E-state index in [9.17, 15) is 14.9 Å². The average Bonchev–Trinajstić information content (AvgIpc) is 2.50. The van der Waals surface area contributed by atoms with Gasteiger partial charge in [-0.3, -0.25) is 14.9 Å². The average molecular weight is 321 g/mol. The monoisotopic (exact) mass is 320 g/mol. The van der Waals surface area contributed by atoms with Gasteiger partial charge >= 0.3 is 5.69 Å². The molecule has 0 saturated heterocycles. The molecule has 0 heterocycles. The molecule has 0 bridgehead atoms. The van der Waals surface area contributed by atoms with E-state index in [0.29, 0.717) is 10.7 Å². The molecule has 7 heteroatoms. The lowest BCUT2D eigenvalue weighted by Crippen LogP contribution is -2.13. The number of carbonyl (C=O) groups excluding carboxylic acids is 1. The van der Waals surface area contributed by atoms with Crippen molar-refractivity contribution in [2.45, 2.75) is 6.92 Å². The number of amides is 1. The third-order valence-electron chi connectivity index (χ3n) is 3.10. The smallest absolute Gasteiger partial charge is 0.311 e. The minimum atomic E-state index is -0.601. The summed E-state index contributed by atoms with van der Waals surface area (Å²) in [5.74, 6) is -0.391. The number of ether oxygens (including phenoxy) is 1. The molecule has 1 amide bonds. The highest BCUT2D eigenvalue weighted by Gasteiger charge is 2.19. The van der Waals surface area contributed by atoms with Crippen LogP contribution >= 0.6 is 11.6 Å². The van der Waals surface area contributed by atoms with E-state index in [0.717, 1.165) is 5.56 Å². The largest absolute Gasteiger partial charge is 0.490 e. The Kier molecular flexibility index (Phi) is 4.62. The highest BCUT2D eigenvalue weighted by Crippen LogP contribution is 2.29. The van der Waals surface area contributed by atoms with Crippen LogP contribution in [0.5, 0.6) is 5.75 Å². The van der Waals surface area contributed by atoms with E-state index in [2.05, 4.69) is 5.32 Å². The molecule has 0 aliphatic rings. The van der Waals surface area contributed by atoms with Gasteiger partial charge in [0, 0.05) is 11.6 Å². The van der Waals surface area contributed by atoms with Gasteiger partial charge in [-0.2, -0.15) is 0 Å². The van der Waals surface area contributed by atoms with Crippen LogP contribution in [0.3, 0.4) is 0 Å². The van der Waals surface area contributed by atoms with Crippen molar-refractivity contribution in [3.8, 4) is 5.75 Å². The zero-order chi connectivity index (χ0) is 16.3. The molecule has 0 atom stereocenters. The van der Waals surface area contributed by atoms with Gasteiger partial charge in [0.15, 0.2) is 5.75 Å². The molecule has 0 aromatic heterocycles.